The third kappa shape index (κ3) is 1.80. The number of hydrogen-bond acceptors (Lipinski definition) is 4. The number of carbonyl (C=O) groups excluding carboxylic acids is 1. The molecule has 0 spiro atoms. The molecule has 0 bridgehead atoms. The van der Waals surface area contributed by atoms with E-state index >= 15 is 0 Å². The second kappa shape index (κ2) is 3.18. The van der Waals surface area contributed by atoms with Gasteiger partial charge in [0.05, 0.1) is 7.11 Å². The van der Waals surface area contributed by atoms with Crippen LogP contribution in [0, 0.1) is 0 Å². The van der Waals surface area contributed by atoms with Gasteiger partial charge in [0.1, 0.15) is 0 Å². The summed E-state index contributed by atoms with van der Waals surface area (Å²) in [6, 6.07) is 0. The van der Waals surface area contributed by atoms with Crippen molar-refractivity contribution >= 4 is 11.8 Å². The molecule has 0 radical (unpaired) electrons. The average molecular weight is 154 g/mol. The monoisotopic (exact) mass is 154 g/mol. The number of nitrogens with one attached hydrogen (secondary N) is 1. The standard InChI is InChI=1S/C7H10N2O2/c1-5-3-8-6(9-4-5)7(10)11-2/h3H,4H2,1-2H3,(H,8,9). The lowest BCUT2D eigenvalue weighted by atomic mass is 10.3. The Labute approximate surface area is 65.0 Å². The highest BCUT2D eigenvalue weighted by molar-refractivity contribution is 6.35. The third-order valence-electron chi connectivity index (χ3n) is 1.33. The first-order chi connectivity index (χ1) is 5.24. The van der Waals surface area contributed by atoms with Gasteiger partial charge in [0.25, 0.3) is 0 Å². The molecule has 1 rings (SSSR count). The van der Waals surface area contributed by atoms with Gasteiger partial charge >= 0.3 is 5.97 Å². The molecule has 0 aromatic carbocycles. The van der Waals surface area contributed by atoms with Crippen molar-refractivity contribution in [3.63, 3.8) is 0 Å². The van der Waals surface area contributed by atoms with E-state index in [0.29, 0.717) is 6.54 Å². The predicted octanol–water partition coefficient (Wildman–Crippen LogP) is 0.0649. The summed E-state index contributed by atoms with van der Waals surface area (Å²) in [4.78, 5) is 14.7. The lowest BCUT2D eigenvalue weighted by molar-refractivity contribution is -0.132. The van der Waals surface area contributed by atoms with Crippen molar-refractivity contribution in [2.45, 2.75) is 6.92 Å². The molecular weight excluding hydrogens is 144 g/mol. The molecule has 4 heteroatoms. The molecule has 0 aromatic heterocycles. The molecule has 0 amide bonds. The number of esters is 1. The Morgan fingerprint density at radius 1 is 1.82 bits per heavy atom. The molecule has 0 unspecified atom stereocenters. The van der Waals surface area contributed by atoms with E-state index in [0.717, 1.165) is 5.57 Å². The smallest absolute Gasteiger partial charge is 0.373 e. The van der Waals surface area contributed by atoms with Gasteiger partial charge < -0.3 is 10.1 Å². The molecule has 1 heterocycles. The minimum absolute atomic E-state index is 0.276. The van der Waals surface area contributed by atoms with Crippen molar-refractivity contribution in [2.75, 3.05) is 13.7 Å². The molecule has 11 heavy (non-hydrogen) atoms. The molecular formula is C7H10N2O2. The third-order valence-corrected chi connectivity index (χ3v) is 1.33. The summed E-state index contributed by atoms with van der Waals surface area (Å²) >= 11 is 0. The second-order valence-corrected chi connectivity index (χ2v) is 2.30. The fourth-order valence-corrected chi connectivity index (χ4v) is 0.711. The highest BCUT2D eigenvalue weighted by Crippen LogP contribution is 1.97. The topological polar surface area (TPSA) is 50.7 Å². The number of methoxy groups -OCH3 is 1. The van der Waals surface area contributed by atoms with Crippen LogP contribution in [0.1, 0.15) is 6.92 Å². The van der Waals surface area contributed by atoms with E-state index in [1.807, 2.05) is 6.92 Å². The van der Waals surface area contributed by atoms with Crippen LogP contribution in [0.4, 0.5) is 0 Å². The summed E-state index contributed by atoms with van der Waals surface area (Å²) in [5, 5.41) is 2.83. The average Bonchev–Trinajstić information content (AvgIpc) is 2.05. The summed E-state index contributed by atoms with van der Waals surface area (Å²) in [7, 11) is 1.33. The predicted molar refractivity (Wildman–Crippen MR) is 41.2 cm³/mol. The lowest BCUT2D eigenvalue weighted by Crippen LogP contribution is -2.34. The summed E-state index contributed by atoms with van der Waals surface area (Å²) in [6.07, 6.45) is 1.66. The number of hydrogen-bond donors (Lipinski definition) is 1. The number of amidine groups is 1. The first-order valence-electron chi connectivity index (χ1n) is 3.29. The molecule has 0 aromatic rings. The van der Waals surface area contributed by atoms with E-state index in [4.69, 9.17) is 0 Å². The zero-order valence-corrected chi connectivity index (χ0v) is 6.55. The van der Waals surface area contributed by atoms with Crippen molar-refractivity contribution in [3.8, 4) is 0 Å². The Bertz CT molecular complexity index is 231. The summed E-state index contributed by atoms with van der Waals surface area (Å²) in [5.41, 5.74) is 1.10. The molecule has 0 saturated heterocycles. The SMILES string of the molecule is COC(=O)C1=NC=C(C)CN1. The largest absolute Gasteiger partial charge is 0.463 e. The quantitative estimate of drug-likeness (QED) is 0.543. The van der Waals surface area contributed by atoms with Crippen LogP contribution in [0.15, 0.2) is 16.8 Å². The van der Waals surface area contributed by atoms with Crippen LogP contribution in [0.3, 0.4) is 0 Å². The number of rotatable bonds is 1. The van der Waals surface area contributed by atoms with Gasteiger partial charge in [-0.15, -0.1) is 0 Å². The molecule has 1 aliphatic heterocycles. The molecule has 0 atom stereocenters. The van der Waals surface area contributed by atoms with Gasteiger partial charge in [-0.05, 0) is 12.5 Å². The maximum absolute atomic E-state index is 10.8. The van der Waals surface area contributed by atoms with Crippen LogP contribution >= 0.6 is 0 Å². The zero-order valence-electron chi connectivity index (χ0n) is 6.55. The minimum Gasteiger partial charge on any atom is -0.463 e. The van der Waals surface area contributed by atoms with Crippen molar-refractivity contribution < 1.29 is 9.53 Å². The Balaban J connectivity index is 2.68. The van der Waals surface area contributed by atoms with Gasteiger partial charge in [0, 0.05) is 12.7 Å². The first kappa shape index (κ1) is 7.78. The van der Waals surface area contributed by atoms with Crippen LogP contribution in [-0.2, 0) is 9.53 Å². The zero-order chi connectivity index (χ0) is 8.27. The van der Waals surface area contributed by atoms with E-state index in [1.165, 1.54) is 7.11 Å². The molecule has 1 aliphatic rings. The maximum atomic E-state index is 10.8. The van der Waals surface area contributed by atoms with Crippen LogP contribution < -0.4 is 5.32 Å². The maximum Gasteiger partial charge on any atom is 0.373 e. The summed E-state index contributed by atoms with van der Waals surface area (Å²) < 4.78 is 4.46. The van der Waals surface area contributed by atoms with Crippen LogP contribution in [-0.4, -0.2) is 25.5 Å². The number of nitrogens with zero attached hydrogens (tertiary/aromatic N) is 1. The molecule has 0 fully saturated rings. The lowest BCUT2D eigenvalue weighted by Gasteiger charge is -2.10. The van der Waals surface area contributed by atoms with Gasteiger partial charge in [-0.25, -0.2) is 9.79 Å². The van der Waals surface area contributed by atoms with Gasteiger partial charge in [0.2, 0.25) is 5.84 Å². The fraction of sp³-hybridized carbons (Fsp3) is 0.429. The van der Waals surface area contributed by atoms with Gasteiger partial charge in [-0.1, -0.05) is 0 Å². The minimum atomic E-state index is -0.422. The van der Waals surface area contributed by atoms with Gasteiger partial charge in [0.15, 0.2) is 0 Å². The Kier molecular flexibility index (Phi) is 2.25. The Hall–Kier alpha value is -1.32. The second-order valence-electron chi connectivity index (χ2n) is 2.30. The number of carbonyl (C=O) groups is 1. The number of aliphatic imine (C=N–C) groups is 1. The van der Waals surface area contributed by atoms with Crippen LogP contribution in [0.2, 0.25) is 0 Å². The molecule has 0 saturated carbocycles. The number of ether oxygens (including phenoxy) is 1. The van der Waals surface area contributed by atoms with Crippen LogP contribution in [0.25, 0.3) is 0 Å². The summed E-state index contributed by atoms with van der Waals surface area (Å²) in [6.45, 7) is 2.60. The van der Waals surface area contributed by atoms with Gasteiger partial charge in [-0.2, -0.15) is 0 Å². The Morgan fingerprint density at radius 2 is 2.55 bits per heavy atom. The van der Waals surface area contributed by atoms with Crippen molar-refractivity contribution in [1.82, 2.24) is 5.32 Å². The highest BCUT2D eigenvalue weighted by atomic mass is 16.5. The van der Waals surface area contributed by atoms with E-state index in [-0.39, 0.29) is 5.84 Å². The normalized spacial score (nSPS) is 16.2. The molecule has 0 aliphatic carbocycles. The van der Waals surface area contributed by atoms with E-state index in [1.54, 1.807) is 6.20 Å². The fourth-order valence-electron chi connectivity index (χ4n) is 0.711. The summed E-state index contributed by atoms with van der Waals surface area (Å²) in [5.74, 6) is -0.146. The van der Waals surface area contributed by atoms with E-state index < -0.39 is 5.97 Å². The van der Waals surface area contributed by atoms with Crippen LogP contribution in [0.5, 0.6) is 0 Å². The van der Waals surface area contributed by atoms with Crippen molar-refractivity contribution in [3.05, 3.63) is 11.8 Å². The molecule has 60 valence electrons. The molecule has 4 nitrogen and oxygen atoms in total. The van der Waals surface area contributed by atoms with Crippen molar-refractivity contribution in [2.24, 2.45) is 4.99 Å². The Morgan fingerprint density at radius 3 is 3.00 bits per heavy atom. The van der Waals surface area contributed by atoms with Gasteiger partial charge in [-0.3, -0.25) is 0 Å². The van der Waals surface area contributed by atoms with E-state index in [9.17, 15) is 4.79 Å². The van der Waals surface area contributed by atoms with E-state index in [2.05, 4.69) is 15.0 Å². The highest BCUT2D eigenvalue weighted by Gasteiger charge is 2.12. The van der Waals surface area contributed by atoms with Crippen molar-refractivity contribution in [1.29, 1.82) is 0 Å². The first-order valence-corrected chi connectivity index (χ1v) is 3.29. The molecule has 1 N–H and O–H groups in total.